The second-order valence-electron chi connectivity index (χ2n) is 5.36. The molecule has 1 aromatic heterocycles. The van der Waals surface area contributed by atoms with Crippen molar-refractivity contribution in [2.24, 2.45) is 0 Å². The molecule has 21 heavy (non-hydrogen) atoms. The molecule has 114 valence electrons. The van der Waals surface area contributed by atoms with E-state index in [1.54, 1.807) is 6.07 Å². The molecule has 0 saturated carbocycles. The molecule has 1 aromatic carbocycles. The predicted molar refractivity (Wildman–Crippen MR) is 81.8 cm³/mol. The minimum absolute atomic E-state index is 0.198. The topological polar surface area (TPSA) is 78.6 Å². The van der Waals surface area contributed by atoms with Gasteiger partial charge in [0.2, 0.25) is 0 Å². The van der Waals surface area contributed by atoms with Gasteiger partial charge in [-0.15, -0.1) is 0 Å². The fraction of sp³-hybridized carbons (Fsp3) is 0.467. The summed E-state index contributed by atoms with van der Waals surface area (Å²) >= 11 is 0. The molecule has 0 spiro atoms. The van der Waals surface area contributed by atoms with Gasteiger partial charge in [-0.05, 0) is 52.1 Å². The van der Waals surface area contributed by atoms with Crippen molar-refractivity contribution in [3.05, 3.63) is 23.8 Å². The number of aromatic nitrogens is 1. The molecule has 0 fully saturated rings. The number of carbonyl (C=O) groups is 1. The summed E-state index contributed by atoms with van der Waals surface area (Å²) in [6, 6.07) is 5.63. The minimum atomic E-state index is -0.973. The van der Waals surface area contributed by atoms with E-state index in [-0.39, 0.29) is 5.56 Å². The Kier molecular flexibility index (Phi) is 4.80. The highest BCUT2D eigenvalue weighted by molar-refractivity contribution is 5.92. The lowest BCUT2D eigenvalue weighted by molar-refractivity contribution is 0.0697. The van der Waals surface area contributed by atoms with Gasteiger partial charge >= 0.3 is 5.97 Å². The maximum absolute atomic E-state index is 10.9. The van der Waals surface area contributed by atoms with Crippen LogP contribution in [0.4, 0.5) is 6.01 Å². The Hall–Kier alpha value is -2.08. The first kappa shape index (κ1) is 15.3. The number of fused-ring (bicyclic) bond motifs is 1. The number of nitrogens with one attached hydrogen (secondary N) is 1. The smallest absolute Gasteiger partial charge is 0.335 e. The highest BCUT2D eigenvalue weighted by Crippen LogP contribution is 2.20. The molecule has 0 aliphatic heterocycles. The molecule has 0 amide bonds. The third kappa shape index (κ3) is 3.95. The molecule has 6 heteroatoms. The standard InChI is InChI=1S/C15H21N3O3/c1-10(2)18(3)8-4-7-16-15-17-12-6-5-11(14(19)20)9-13(12)21-15/h5-6,9-10H,4,7-8H2,1-3H3,(H,16,17)(H,19,20). The van der Waals surface area contributed by atoms with Crippen LogP contribution in [-0.4, -0.2) is 47.1 Å². The van der Waals surface area contributed by atoms with Crippen molar-refractivity contribution in [3.8, 4) is 0 Å². The quantitative estimate of drug-likeness (QED) is 0.764. The van der Waals surface area contributed by atoms with E-state index in [4.69, 9.17) is 9.52 Å². The van der Waals surface area contributed by atoms with Crippen LogP contribution in [0, 0.1) is 0 Å². The third-order valence-corrected chi connectivity index (χ3v) is 3.48. The van der Waals surface area contributed by atoms with Crippen molar-refractivity contribution < 1.29 is 14.3 Å². The molecule has 2 rings (SSSR count). The number of oxazole rings is 1. The fourth-order valence-electron chi connectivity index (χ4n) is 1.92. The van der Waals surface area contributed by atoms with Gasteiger partial charge in [0.25, 0.3) is 6.01 Å². The van der Waals surface area contributed by atoms with Crippen LogP contribution in [0.5, 0.6) is 0 Å². The number of carboxylic acids is 1. The monoisotopic (exact) mass is 291 g/mol. The van der Waals surface area contributed by atoms with E-state index < -0.39 is 5.97 Å². The molecular formula is C15H21N3O3. The van der Waals surface area contributed by atoms with Crippen molar-refractivity contribution in [2.45, 2.75) is 26.3 Å². The zero-order valence-electron chi connectivity index (χ0n) is 12.6. The lowest BCUT2D eigenvalue weighted by Gasteiger charge is -2.20. The molecule has 0 radical (unpaired) electrons. The molecule has 0 atom stereocenters. The zero-order chi connectivity index (χ0) is 15.4. The Morgan fingerprint density at radius 3 is 2.90 bits per heavy atom. The summed E-state index contributed by atoms with van der Waals surface area (Å²) in [7, 11) is 2.09. The normalized spacial score (nSPS) is 11.5. The third-order valence-electron chi connectivity index (χ3n) is 3.48. The van der Waals surface area contributed by atoms with Crippen LogP contribution in [0.1, 0.15) is 30.6 Å². The van der Waals surface area contributed by atoms with Crippen LogP contribution < -0.4 is 5.32 Å². The van der Waals surface area contributed by atoms with Gasteiger partial charge in [-0.2, -0.15) is 4.98 Å². The number of nitrogens with zero attached hydrogens (tertiary/aromatic N) is 2. The largest absolute Gasteiger partial charge is 0.478 e. The maximum atomic E-state index is 10.9. The lowest BCUT2D eigenvalue weighted by atomic mass is 10.2. The number of anilines is 1. The van der Waals surface area contributed by atoms with Crippen LogP contribution in [0.15, 0.2) is 22.6 Å². The summed E-state index contributed by atoms with van der Waals surface area (Å²) in [5, 5.41) is 12.1. The van der Waals surface area contributed by atoms with Gasteiger partial charge in [0.15, 0.2) is 5.58 Å². The van der Waals surface area contributed by atoms with E-state index in [0.717, 1.165) is 19.5 Å². The van der Waals surface area contributed by atoms with E-state index in [2.05, 4.69) is 36.1 Å². The van der Waals surface area contributed by atoms with Gasteiger partial charge in [-0.1, -0.05) is 0 Å². The number of hydrogen-bond donors (Lipinski definition) is 2. The van der Waals surface area contributed by atoms with Crippen LogP contribution >= 0.6 is 0 Å². The Labute approximate surface area is 123 Å². The Bertz CT molecular complexity index is 622. The number of hydrogen-bond acceptors (Lipinski definition) is 5. The average molecular weight is 291 g/mol. The summed E-state index contributed by atoms with van der Waals surface area (Å²) in [6.45, 7) is 6.08. The first-order chi connectivity index (χ1) is 9.97. The van der Waals surface area contributed by atoms with E-state index in [1.165, 1.54) is 12.1 Å². The fourth-order valence-corrected chi connectivity index (χ4v) is 1.92. The molecule has 0 saturated heterocycles. The van der Waals surface area contributed by atoms with Gasteiger partial charge in [-0.3, -0.25) is 0 Å². The minimum Gasteiger partial charge on any atom is -0.478 e. The van der Waals surface area contributed by atoms with Crippen molar-refractivity contribution in [3.63, 3.8) is 0 Å². The van der Waals surface area contributed by atoms with E-state index in [0.29, 0.717) is 23.2 Å². The van der Waals surface area contributed by atoms with Crippen molar-refractivity contribution in [1.29, 1.82) is 0 Å². The zero-order valence-corrected chi connectivity index (χ0v) is 12.6. The van der Waals surface area contributed by atoms with Crippen molar-refractivity contribution in [1.82, 2.24) is 9.88 Å². The number of aromatic carboxylic acids is 1. The van der Waals surface area contributed by atoms with Gasteiger partial charge in [0, 0.05) is 12.6 Å². The van der Waals surface area contributed by atoms with Crippen molar-refractivity contribution in [2.75, 3.05) is 25.5 Å². The molecule has 0 aliphatic carbocycles. The first-order valence-corrected chi connectivity index (χ1v) is 7.05. The summed E-state index contributed by atoms with van der Waals surface area (Å²) in [5.41, 5.74) is 1.34. The van der Waals surface area contributed by atoms with Gasteiger partial charge in [-0.25, -0.2) is 4.79 Å². The van der Waals surface area contributed by atoms with Crippen LogP contribution in [0.25, 0.3) is 11.1 Å². The van der Waals surface area contributed by atoms with Crippen molar-refractivity contribution >= 4 is 23.1 Å². The Morgan fingerprint density at radius 1 is 1.48 bits per heavy atom. The maximum Gasteiger partial charge on any atom is 0.335 e. The summed E-state index contributed by atoms with van der Waals surface area (Å²) in [6.07, 6.45) is 0.980. The van der Waals surface area contributed by atoms with E-state index in [9.17, 15) is 4.79 Å². The molecule has 6 nitrogen and oxygen atoms in total. The summed E-state index contributed by atoms with van der Waals surface area (Å²) in [4.78, 5) is 17.5. The highest BCUT2D eigenvalue weighted by atomic mass is 16.4. The first-order valence-electron chi connectivity index (χ1n) is 7.05. The highest BCUT2D eigenvalue weighted by Gasteiger charge is 2.09. The van der Waals surface area contributed by atoms with Crippen LogP contribution in [0.2, 0.25) is 0 Å². The number of benzene rings is 1. The molecule has 0 aliphatic rings. The predicted octanol–water partition coefficient (Wildman–Crippen LogP) is 2.67. The molecule has 2 aromatic rings. The average Bonchev–Trinajstić information content (AvgIpc) is 2.84. The SMILES string of the molecule is CC(C)N(C)CCCNc1nc2ccc(C(=O)O)cc2o1. The Morgan fingerprint density at radius 2 is 2.24 bits per heavy atom. The number of rotatable bonds is 7. The van der Waals surface area contributed by atoms with Crippen LogP contribution in [-0.2, 0) is 0 Å². The second kappa shape index (κ2) is 6.58. The lowest BCUT2D eigenvalue weighted by Crippen LogP contribution is -2.28. The van der Waals surface area contributed by atoms with Gasteiger partial charge in [0.1, 0.15) is 5.52 Å². The summed E-state index contributed by atoms with van der Waals surface area (Å²) in [5.74, 6) is -0.973. The molecule has 0 unspecified atom stereocenters. The van der Waals surface area contributed by atoms with E-state index >= 15 is 0 Å². The van der Waals surface area contributed by atoms with Gasteiger partial charge in [0.05, 0.1) is 5.56 Å². The van der Waals surface area contributed by atoms with Gasteiger partial charge < -0.3 is 19.7 Å². The molecule has 2 N–H and O–H groups in total. The second-order valence-corrected chi connectivity index (χ2v) is 5.36. The summed E-state index contributed by atoms with van der Waals surface area (Å²) < 4.78 is 5.51. The Balaban J connectivity index is 1.92. The molecule has 1 heterocycles. The number of carboxylic acid groups (broad SMARTS) is 1. The van der Waals surface area contributed by atoms with Crippen LogP contribution in [0.3, 0.4) is 0 Å². The van der Waals surface area contributed by atoms with E-state index in [1.807, 2.05) is 0 Å². The molecular weight excluding hydrogens is 270 g/mol. The molecule has 0 bridgehead atoms.